The number of hydrogen-bond acceptors (Lipinski definition) is 4. The van der Waals surface area contributed by atoms with Crippen molar-refractivity contribution in [3.05, 3.63) is 34.9 Å². The Morgan fingerprint density at radius 2 is 1.81 bits per heavy atom. The first-order valence-corrected chi connectivity index (χ1v) is 10.3. The van der Waals surface area contributed by atoms with Crippen molar-refractivity contribution in [2.45, 2.75) is 77.7 Å². The van der Waals surface area contributed by atoms with Gasteiger partial charge in [0.15, 0.2) is 0 Å². The zero-order chi connectivity index (χ0) is 20.0. The maximum atomic E-state index is 10.8. The average Bonchev–Trinajstić information content (AvgIpc) is 2.59. The summed E-state index contributed by atoms with van der Waals surface area (Å²) in [6.07, 6.45) is 8.26. The summed E-state index contributed by atoms with van der Waals surface area (Å²) in [5.74, 6) is 0.327. The Hall–Kier alpha value is -1.52. The fourth-order valence-corrected chi connectivity index (χ4v) is 4.29. The Labute approximate surface area is 163 Å². The number of allylic oxidation sites excluding steroid dienone is 2. The number of phenolic OH excluding ortho intramolecular Hbond substituents is 2. The van der Waals surface area contributed by atoms with Crippen LogP contribution in [0.4, 0.5) is 0 Å². The third-order valence-corrected chi connectivity index (χ3v) is 5.80. The molecule has 0 bridgehead atoms. The lowest BCUT2D eigenvalue weighted by molar-refractivity contribution is -0.0783. The van der Waals surface area contributed by atoms with E-state index in [1.807, 2.05) is 13.8 Å². The molecule has 1 aromatic rings. The molecule has 0 aromatic heterocycles. The molecule has 4 nitrogen and oxygen atoms in total. The quantitative estimate of drug-likeness (QED) is 0.416. The molecule has 1 aromatic carbocycles. The first-order valence-electron chi connectivity index (χ1n) is 10.3. The van der Waals surface area contributed by atoms with Gasteiger partial charge in [0.2, 0.25) is 0 Å². The molecule has 0 aliphatic heterocycles. The molecular formula is C23H36O4. The van der Waals surface area contributed by atoms with Crippen LogP contribution in [0.3, 0.4) is 0 Å². The highest BCUT2D eigenvalue weighted by molar-refractivity contribution is 5.51. The molecule has 0 radical (unpaired) electrons. The van der Waals surface area contributed by atoms with Crippen LogP contribution in [-0.4, -0.2) is 34.1 Å². The van der Waals surface area contributed by atoms with Crippen LogP contribution >= 0.6 is 0 Å². The number of aryl methyl sites for hydroxylation is 1. The van der Waals surface area contributed by atoms with Gasteiger partial charge in [-0.2, -0.15) is 0 Å². The standard InChI is InChI=1S/C23H36O4/c1-5-6-7-8-17-14-20(25)22(21(26)15-17)18-13-16(2)9-10-19(18)23(3,4)27-12-11-24/h13-15,18-19,24-26H,5-12H2,1-4H3. The van der Waals surface area contributed by atoms with Gasteiger partial charge in [0.25, 0.3) is 0 Å². The Morgan fingerprint density at radius 1 is 1.15 bits per heavy atom. The first-order chi connectivity index (χ1) is 12.8. The van der Waals surface area contributed by atoms with Gasteiger partial charge in [0, 0.05) is 11.5 Å². The number of phenols is 2. The van der Waals surface area contributed by atoms with Gasteiger partial charge in [-0.3, -0.25) is 0 Å². The van der Waals surface area contributed by atoms with Crippen molar-refractivity contribution in [2.24, 2.45) is 5.92 Å². The van der Waals surface area contributed by atoms with Crippen LogP contribution in [0.1, 0.15) is 76.8 Å². The summed E-state index contributed by atoms with van der Waals surface area (Å²) >= 11 is 0. The number of ether oxygens (including phenoxy) is 1. The van der Waals surface area contributed by atoms with Crippen LogP contribution in [0.5, 0.6) is 11.5 Å². The van der Waals surface area contributed by atoms with E-state index in [4.69, 9.17) is 9.84 Å². The molecule has 2 atom stereocenters. The Morgan fingerprint density at radius 3 is 2.41 bits per heavy atom. The van der Waals surface area contributed by atoms with E-state index in [0.29, 0.717) is 5.56 Å². The summed E-state index contributed by atoms with van der Waals surface area (Å²) in [6, 6.07) is 3.61. The number of aliphatic hydroxyl groups excluding tert-OH is 1. The Kier molecular flexibility index (Phi) is 7.75. The highest BCUT2D eigenvalue weighted by Gasteiger charge is 2.40. The number of unbranched alkanes of at least 4 members (excludes halogenated alkanes) is 2. The van der Waals surface area contributed by atoms with Crippen LogP contribution in [0.15, 0.2) is 23.8 Å². The predicted octanol–water partition coefficient (Wildman–Crippen LogP) is 5.06. The van der Waals surface area contributed by atoms with E-state index in [1.165, 1.54) is 5.57 Å². The van der Waals surface area contributed by atoms with Gasteiger partial charge in [-0.1, -0.05) is 31.4 Å². The second kappa shape index (κ2) is 9.61. The fraction of sp³-hybridized carbons (Fsp3) is 0.652. The van der Waals surface area contributed by atoms with Gasteiger partial charge in [-0.15, -0.1) is 0 Å². The predicted molar refractivity (Wildman–Crippen MR) is 109 cm³/mol. The molecule has 0 saturated carbocycles. The molecule has 0 fully saturated rings. The lowest BCUT2D eigenvalue weighted by Crippen LogP contribution is -2.40. The summed E-state index contributed by atoms with van der Waals surface area (Å²) in [4.78, 5) is 0. The number of benzene rings is 1. The molecule has 3 N–H and O–H groups in total. The minimum Gasteiger partial charge on any atom is -0.507 e. The van der Waals surface area contributed by atoms with E-state index < -0.39 is 5.60 Å². The minimum atomic E-state index is -0.469. The molecule has 0 saturated heterocycles. The number of rotatable bonds is 9. The highest BCUT2D eigenvalue weighted by atomic mass is 16.5. The molecule has 2 rings (SSSR count). The molecule has 0 heterocycles. The SMILES string of the molecule is CCCCCc1cc(O)c(C2C=C(C)CCC2C(C)(C)OCCO)c(O)c1. The third-order valence-electron chi connectivity index (χ3n) is 5.80. The largest absolute Gasteiger partial charge is 0.507 e. The molecule has 152 valence electrons. The van der Waals surface area contributed by atoms with Crippen molar-refractivity contribution < 1.29 is 20.1 Å². The minimum absolute atomic E-state index is 0.0152. The molecule has 1 aliphatic carbocycles. The number of aliphatic hydroxyl groups is 1. The van der Waals surface area contributed by atoms with E-state index in [2.05, 4.69) is 19.9 Å². The average molecular weight is 377 g/mol. The van der Waals surface area contributed by atoms with Gasteiger partial charge in [0.1, 0.15) is 11.5 Å². The van der Waals surface area contributed by atoms with E-state index in [1.54, 1.807) is 12.1 Å². The van der Waals surface area contributed by atoms with Crippen molar-refractivity contribution in [2.75, 3.05) is 13.2 Å². The second-order valence-electron chi connectivity index (χ2n) is 8.36. The van der Waals surface area contributed by atoms with Gasteiger partial charge < -0.3 is 20.1 Å². The van der Waals surface area contributed by atoms with Crippen LogP contribution in [0, 0.1) is 5.92 Å². The zero-order valence-corrected chi connectivity index (χ0v) is 17.3. The third kappa shape index (κ3) is 5.49. The van der Waals surface area contributed by atoms with Crippen LogP contribution < -0.4 is 0 Å². The van der Waals surface area contributed by atoms with Crippen molar-refractivity contribution in [3.8, 4) is 11.5 Å². The van der Waals surface area contributed by atoms with E-state index in [9.17, 15) is 10.2 Å². The van der Waals surface area contributed by atoms with E-state index in [0.717, 1.165) is 44.1 Å². The van der Waals surface area contributed by atoms with E-state index >= 15 is 0 Å². The van der Waals surface area contributed by atoms with Gasteiger partial charge >= 0.3 is 0 Å². The summed E-state index contributed by atoms with van der Waals surface area (Å²) in [5, 5.41) is 30.7. The van der Waals surface area contributed by atoms with Crippen LogP contribution in [0.25, 0.3) is 0 Å². The molecule has 2 unspecified atom stereocenters. The molecule has 4 heteroatoms. The highest BCUT2D eigenvalue weighted by Crippen LogP contribution is 2.48. The monoisotopic (exact) mass is 376 g/mol. The van der Waals surface area contributed by atoms with Crippen molar-refractivity contribution in [1.29, 1.82) is 0 Å². The van der Waals surface area contributed by atoms with Crippen molar-refractivity contribution in [3.63, 3.8) is 0 Å². The lowest BCUT2D eigenvalue weighted by Gasteiger charge is -2.41. The number of hydrogen-bond donors (Lipinski definition) is 3. The molecule has 0 amide bonds. The van der Waals surface area contributed by atoms with E-state index in [-0.39, 0.29) is 36.5 Å². The van der Waals surface area contributed by atoms with Crippen LogP contribution in [0.2, 0.25) is 0 Å². The zero-order valence-electron chi connectivity index (χ0n) is 17.3. The van der Waals surface area contributed by atoms with Crippen molar-refractivity contribution in [1.82, 2.24) is 0 Å². The molecular weight excluding hydrogens is 340 g/mol. The smallest absolute Gasteiger partial charge is 0.123 e. The fourth-order valence-electron chi connectivity index (χ4n) is 4.29. The maximum Gasteiger partial charge on any atom is 0.123 e. The van der Waals surface area contributed by atoms with Gasteiger partial charge in [-0.25, -0.2) is 0 Å². The Balaban J connectivity index is 2.35. The van der Waals surface area contributed by atoms with Gasteiger partial charge in [0.05, 0.1) is 18.8 Å². The molecule has 0 spiro atoms. The normalized spacial score (nSPS) is 20.6. The summed E-state index contributed by atoms with van der Waals surface area (Å²) in [7, 11) is 0. The molecule has 1 aliphatic rings. The lowest BCUT2D eigenvalue weighted by atomic mass is 9.69. The van der Waals surface area contributed by atoms with Crippen LogP contribution in [-0.2, 0) is 11.2 Å². The first kappa shape index (κ1) is 21.8. The Bertz CT molecular complexity index is 625. The summed E-state index contributed by atoms with van der Waals surface area (Å²) in [5.41, 5.74) is 2.37. The van der Waals surface area contributed by atoms with Gasteiger partial charge in [-0.05, 0) is 70.1 Å². The number of aromatic hydroxyl groups is 2. The maximum absolute atomic E-state index is 10.8. The topological polar surface area (TPSA) is 69.9 Å². The second-order valence-corrected chi connectivity index (χ2v) is 8.36. The summed E-state index contributed by atoms with van der Waals surface area (Å²) in [6.45, 7) is 8.59. The summed E-state index contributed by atoms with van der Waals surface area (Å²) < 4.78 is 5.93. The molecule has 27 heavy (non-hydrogen) atoms. The van der Waals surface area contributed by atoms with Crippen molar-refractivity contribution >= 4 is 0 Å².